The van der Waals surface area contributed by atoms with Crippen molar-refractivity contribution >= 4 is 36.3 Å². The normalized spacial score (nSPS) is 14.5. The van der Waals surface area contributed by atoms with Crippen LogP contribution in [0.25, 0.3) is 0 Å². The number of rotatable bonds is 16. The van der Waals surface area contributed by atoms with Gasteiger partial charge in [-0.05, 0) is 37.3 Å². The summed E-state index contributed by atoms with van der Waals surface area (Å²) in [4.78, 5) is 50.0. The Bertz CT molecular complexity index is 824. The maximum atomic E-state index is 13.0. The van der Waals surface area contributed by atoms with E-state index in [0.717, 1.165) is 12.0 Å². The second-order valence-electron chi connectivity index (χ2n) is 8.91. The predicted molar refractivity (Wildman–Crippen MR) is 138 cm³/mol. The monoisotopic (exact) mass is 509 g/mol. The molecule has 35 heavy (non-hydrogen) atoms. The van der Waals surface area contributed by atoms with Gasteiger partial charge < -0.3 is 32.5 Å². The first-order valence-electron chi connectivity index (χ1n) is 11.8. The van der Waals surface area contributed by atoms with Crippen LogP contribution in [0, 0.1) is 5.92 Å². The van der Waals surface area contributed by atoms with Gasteiger partial charge in [0.15, 0.2) is 0 Å². The molecule has 0 spiro atoms. The van der Waals surface area contributed by atoms with Crippen LogP contribution in [-0.4, -0.2) is 65.3 Å². The van der Waals surface area contributed by atoms with Crippen LogP contribution in [0.3, 0.4) is 0 Å². The summed E-state index contributed by atoms with van der Waals surface area (Å²) in [5.74, 6) is -2.86. The molecule has 196 valence electrons. The Kier molecular flexibility index (Phi) is 14.0. The second kappa shape index (κ2) is 16.1. The number of hydrogen-bond acceptors (Lipinski definition) is 7. The summed E-state index contributed by atoms with van der Waals surface area (Å²) in [5, 5.41) is 17.3. The average Bonchev–Trinajstić information content (AvgIpc) is 2.81. The molecule has 3 amide bonds. The molecule has 1 rings (SSSR count). The van der Waals surface area contributed by atoms with Gasteiger partial charge in [-0.1, -0.05) is 50.6 Å². The van der Waals surface area contributed by atoms with Crippen LogP contribution in [0.4, 0.5) is 0 Å². The third-order valence-electron chi connectivity index (χ3n) is 5.36. The van der Waals surface area contributed by atoms with Crippen molar-refractivity contribution < 1.29 is 24.3 Å². The van der Waals surface area contributed by atoms with Crippen LogP contribution in [0.15, 0.2) is 30.3 Å². The lowest BCUT2D eigenvalue weighted by molar-refractivity contribution is -0.142. The second-order valence-corrected chi connectivity index (χ2v) is 9.28. The summed E-state index contributed by atoms with van der Waals surface area (Å²) < 4.78 is 0. The zero-order chi connectivity index (χ0) is 26.4. The molecule has 0 aliphatic rings. The molecule has 1 aromatic carbocycles. The summed E-state index contributed by atoms with van der Waals surface area (Å²) in [6.07, 6.45) is 2.24. The highest BCUT2D eigenvalue weighted by Crippen LogP contribution is 2.09. The summed E-state index contributed by atoms with van der Waals surface area (Å²) in [6, 6.07) is 4.99. The molecule has 4 unspecified atom stereocenters. The Labute approximate surface area is 212 Å². The summed E-state index contributed by atoms with van der Waals surface area (Å²) >= 11 is 4.15. The predicted octanol–water partition coefficient (Wildman–Crippen LogP) is 0.200. The lowest BCUT2D eigenvalue weighted by Gasteiger charge is -2.25. The molecule has 0 saturated heterocycles. The fraction of sp³-hybridized carbons (Fsp3) is 0.583. The number of carbonyl (C=O) groups is 4. The number of amides is 3. The Balaban J connectivity index is 2.84. The Hall–Kier alpha value is -2.63. The maximum absolute atomic E-state index is 13.0. The van der Waals surface area contributed by atoms with Crippen LogP contribution in [0.2, 0.25) is 0 Å². The van der Waals surface area contributed by atoms with Crippen molar-refractivity contribution in [3.8, 4) is 0 Å². The molecular weight excluding hydrogens is 470 g/mol. The van der Waals surface area contributed by atoms with Crippen molar-refractivity contribution in [3.63, 3.8) is 0 Å². The van der Waals surface area contributed by atoms with Gasteiger partial charge in [0, 0.05) is 12.2 Å². The van der Waals surface area contributed by atoms with E-state index >= 15 is 0 Å². The molecule has 0 bridgehead atoms. The third-order valence-corrected chi connectivity index (χ3v) is 5.72. The van der Waals surface area contributed by atoms with Gasteiger partial charge in [0.25, 0.3) is 0 Å². The first-order valence-corrected chi connectivity index (χ1v) is 12.5. The number of nitrogens with two attached hydrogens (primary N) is 2. The van der Waals surface area contributed by atoms with Gasteiger partial charge in [-0.2, -0.15) is 12.6 Å². The van der Waals surface area contributed by atoms with E-state index in [1.807, 2.05) is 19.9 Å². The van der Waals surface area contributed by atoms with Crippen LogP contribution in [-0.2, 0) is 25.6 Å². The Morgan fingerprint density at radius 3 is 2.03 bits per heavy atom. The molecule has 4 atom stereocenters. The van der Waals surface area contributed by atoms with Crippen molar-refractivity contribution in [1.29, 1.82) is 0 Å². The highest BCUT2D eigenvalue weighted by atomic mass is 32.1. The zero-order valence-electron chi connectivity index (χ0n) is 20.4. The van der Waals surface area contributed by atoms with E-state index in [4.69, 9.17) is 11.5 Å². The van der Waals surface area contributed by atoms with Crippen molar-refractivity contribution in [2.75, 3.05) is 12.3 Å². The van der Waals surface area contributed by atoms with E-state index in [-0.39, 0.29) is 24.5 Å². The fourth-order valence-corrected chi connectivity index (χ4v) is 3.67. The van der Waals surface area contributed by atoms with Gasteiger partial charge >= 0.3 is 5.97 Å². The number of carboxylic acids is 1. The number of nitrogens with one attached hydrogen (secondary N) is 3. The quantitative estimate of drug-likeness (QED) is 0.123. The fourth-order valence-electron chi connectivity index (χ4n) is 3.41. The molecule has 8 N–H and O–H groups in total. The molecule has 0 saturated carbocycles. The number of benzene rings is 1. The molecule has 0 aliphatic carbocycles. The van der Waals surface area contributed by atoms with Gasteiger partial charge in [0.1, 0.15) is 18.1 Å². The minimum atomic E-state index is -1.18. The largest absolute Gasteiger partial charge is 0.480 e. The number of hydrogen-bond donors (Lipinski definition) is 7. The first-order chi connectivity index (χ1) is 16.6. The molecule has 0 aromatic heterocycles. The molecule has 0 fully saturated rings. The maximum Gasteiger partial charge on any atom is 0.326 e. The number of thiol groups is 1. The molecule has 0 radical (unpaired) electrons. The van der Waals surface area contributed by atoms with E-state index in [0.29, 0.717) is 19.4 Å². The van der Waals surface area contributed by atoms with Gasteiger partial charge in [-0.25, -0.2) is 4.79 Å². The van der Waals surface area contributed by atoms with Crippen molar-refractivity contribution in [3.05, 3.63) is 35.9 Å². The number of unbranched alkanes of at least 4 members (excludes halogenated alkanes) is 1. The SMILES string of the molecule is CC(C)CC(NC(=O)C(CS)NC(=O)C(N)CCCCN)C(=O)NC(Cc1ccccc1)C(=O)O. The minimum Gasteiger partial charge on any atom is -0.480 e. The summed E-state index contributed by atoms with van der Waals surface area (Å²) in [7, 11) is 0. The van der Waals surface area contributed by atoms with Gasteiger partial charge in [0.2, 0.25) is 17.7 Å². The van der Waals surface area contributed by atoms with Crippen molar-refractivity contribution in [1.82, 2.24) is 16.0 Å². The Morgan fingerprint density at radius 2 is 1.49 bits per heavy atom. The highest BCUT2D eigenvalue weighted by molar-refractivity contribution is 7.80. The van der Waals surface area contributed by atoms with Crippen LogP contribution >= 0.6 is 12.6 Å². The molecule has 1 aromatic rings. The van der Waals surface area contributed by atoms with Gasteiger partial charge in [-0.3, -0.25) is 14.4 Å². The van der Waals surface area contributed by atoms with Crippen LogP contribution in [0.1, 0.15) is 45.1 Å². The first kappa shape index (κ1) is 30.4. The third kappa shape index (κ3) is 11.6. The average molecular weight is 510 g/mol. The minimum absolute atomic E-state index is 0.00509. The molecular formula is C24H39N5O5S. The van der Waals surface area contributed by atoms with Gasteiger partial charge in [-0.15, -0.1) is 0 Å². The van der Waals surface area contributed by atoms with E-state index in [9.17, 15) is 24.3 Å². The van der Waals surface area contributed by atoms with E-state index in [1.165, 1.54) is 0 Å². The highest BCUT2D eigenvalue weighted by Gasteiger charge is 2.30. The Morgan fingerprint density at radius 1 is 0.914 bits per heavy atom. The lowest BCUT2D eigenvalue weighted by Crippen LogP contribution is -2.58. The molecule has 0 heterocycles. The van der Waals surface area contributed by atoms with E-state index in [1.54, 1.807) is 24.3 Å². The van der Waals surface area contributed by atoms with E-state index in [2.05, 4.69) is 28.6 Å². The lowest BCUT2D eigenvalue weighted by atomic mass is 10.0. The van der Waals surface area contributed by atoms with Gasteiger partial charge in [0.05, 0.1) is 6.04 Å². The standard InChI is InChI=1S/C24H39N5O5S/c1-15(2)12-18(22(31)28-19(24(33)34)13-16-8-4-3-5-9-16)27-23(32)20(14-35)29-21(30)17(26)10-6-7-11-25/h3-5,8-9,15,17-20,35H,6-7,10-14,25-26H2,1-2H3,(H,27,32)(H,28,31)(H,29,30)(H,33,34). The van der Waals surface area contributed by atoms with Crippen molar-refractivity contribution in [2.24, 2.45) is 17.4 Å². The number of carboxylic acid groups (broad SMARTS) is 1. The van der Waals surface area contributed by atoms with E-state index < -0.39 is 47.9 Å². The summed E-state index contributed by atoms with van der Waals surface area (Å²) in [6.45, 7) is 4.26. The number of aliphatic carboxylic acids is 1. The molecule has 11 heteroatoms. The van der Waals surface area contributed by atoms with Crippen LogP contribution in [0.5, 0.6) is 0 Å². The molecule has 10 nitrogen and oxygen atoms in total. The van der Waals surface area contributed by atoms with Crippen LogP contribution < -0.4 is 27.4 Å². The smallest absolute Gasteiger partial charge is 0.326 e. The topological polar surface area (TPSA) is 177 Å². The zero-order valence-corrected chi connectivity index (χ0v) is 21.3. The number of carbonyl (C=O) groups excluding carboxylic acids is 3. The molecule has 0 aliphatic heterocycles. The van der Waals surface area contributed by atoms with Crippen molar-refractivity contribution in [2.45, 2.75) is 70.1 Å². The summed E-state index contributed by atoms with van der Waals surface area (Å²) in [5.41, 5.74) is 12.1.